The average molecular weight is 427 g/mol. The molecule has 0 atom stereocenters. The summed E-state index contributed by atoms with van der Waals surface area (Å²) in [6, 6.07) is 10.4. The summed E-state index contributed by atoms with van der Waals surface area (Å²) in [5.74, 6) is 3.01. The number of nitrogens with zero attached hydrogens (tertiary/aromatic N) is 5. The summed E-state index contributed by atoms with van der Waals surface area (Å²) in [5.41, 5.74) is 5.21. The molecule has 0 amide bonds. The van der Waals surface area contributed by atoms with E-state index in [-0.39, 0.29) is 0 Å². The molecule has 4 heterocycles. The number of rotatable bonds is 6. The van der Waals surface area contributed by atoms with Crippen molar-refractivity contribution in [2.24, 2.45) is 0 Å². The second kappa shape index (κ2) is 8.29. The molecule has 2 aliphatic rings. The Morgan fingerprint density at radius 2 is 1.81 bits per heavy atom. The summed E-state index contributed by atoms with van der Waals surface area (Å²) in [6.07, 6.45) is 8.12. The third-order valence-electron chi connectivity index (χ3n) is 6.12. The van der Waals surface area contributed by atoms with Crippen LogP contribution < -0.4 is 10.6 Å². The van der Waals surface area contributed by atoms with Gasteiger partial charge in [-0.25, -0.2) is 19.9 Å². The van der Waals surface area contributed by atoms with E-state index in [0.29, 0.717) is 11.9 Å². The zero-order valence-corrected chi connectivity index (χ0v) is 17.9. The first-order chi connectivity index (χ1) is 15.8. The van der Waals surface area contributed by atoms with Crippen LogP contribution in [0.15, 0.2) is 48.9 Å². The Kier molecular flexibility index (Phi) is 5.01. The van der Waals surface area contributed by atoms with Gasteiger partial charge in [-0.2, -0.15) is 0 Å². The molecule has 0 unspecified atom stereocenters. The van der Waals surface area contributed by atoms with Gasteiger partial charge in [0.2, 0.25) is 5.95 Å². The normalized spacial score (nSPS) is 17.0. The van der Waals surface area contributed by atoms with Crippen molar-refractivity contribution in [3.63, 3.8) is 0 Å². The Morgan fingerprint density at radius 1 is 0.969 bits per heavy atom. The Morgan fingerprint density at radius 3 is 2.62 bits per heavy atom. The number of aromatic amines is 1. The number of nitrogens with one attached hydrogen (secondary N) is 3. The fourth-order valence-electron chi connectivity index (χ4n) is 4.18. The van der Waals surface area contributed by atoms with Crippen LogP contribution in [-0.2, 0) is 6.54 Å². The molecular weight excluding hydrogens is 400 g/mol. The Balaban J connectivity index is 1.19. The van der Waals surface area contributed by atoms with Gasteiger partial charge in [-0.15, -0.1) is 0 Å². The minimum Gasteiger partial charge on any atom is -0.324 e. The lowest BCUT2D eigenvalue weighted by atomic mass is 10.1. The molecule has 162 valence electrons. The number of aromatic nitrogens is 5. The van der Waals surface area contributed by atoms with Gasteiger partial charge in [0.05, 0.1) is 11.0 Å². The van der Waals surface area contributed by atoms with Crippen molar-refractivity contribution < 1.29 is 0 Å². The Hall–Kier alpha value is -3.36. The van der Waals surface area contributed by atoms with Crippen molar-refractivity contribution in [3.8, 4) is 11.1 Å². The Labute approximate surface area is 186 Å². The van der Waals surface area contributed by atoms with Crippen LogP contribution in [-0.4, -0.2) is 56.0 Å². The van der Waals surface area contributed by atoms with Gasteiger partial charge in [0.15, 0.2) is 0 Å². The van der Waals surface area contributed by atoms with Crippen LogP contribution in [0.2, 0.25) is 0 Å². The van der Waals surface area contributed by atoms with Crippen LogP contribution >= 0.6 is 0 Å². The predicted octanol–water partition coefficient (Wildman–Crippen LogP) is 3.44. The van der Waals surface area contributed by atoms with E-state index >= 15 is 0 Å². The number of hydrogen-bond donors (Lipinski definition) is 3. The number of anilines is 2. The number of pyridine rings is 1. The highest BCUT2D eigenvalue weighted by atomic mass is 15.2. The van der Waals surface area contributed by atoms with Crippen molar-refractivity contribution in [3.05, 3.63) is 60.3 Å². The minimum atomic E-state index is 0.566. The lowest BCUT2D eigenvalue weighted by Crippen LogP contribution is -2.42. The first-order valence-corrected chi connectivity index (χ1v) is 11.3. The molecule has 3 N–H and O–H groups in total. The third-order valence-corrected chi connectivity index (χ3v) is 6.12. The lowest BCUT2D eigenvalue weighted by Gasteiger charge is -2.27. The van der Waals surface area contributed by atoms with E-state index in [0.717, 1.165) is 66.5 Å². The first-order valence-electron chi connectivity index (χ1n) is 11.3. The van der Waals surface area contributed by atoms with E-state index in [1.165, 1.54) is 18.4 Å². The largest absolute Gasteiger partial charge is 0.324 e. The average Bonchev–Trinajstić information content (AvgIpc) is 3.60. The molecule has 2 fully saturated rings. The quantitative estimate of drug-likeness (QED) is 0.435. The fourth-order valence-corrected chi connectivity index (χ4v) is 4.18. The highest BCUT2D eigenvalue weighted by Gasteiger charge is 2.26. The van der Waals surface area contributed by atoms with Crippen molar-refractivity contribution in [2.45, 2.75) is 25.3 Å². The maximum absolute atomic E-state index is 4.68. The van der Waals surface area contributed by atoms with Crippen molar-refractivity contribution in [2.75, 3.05) is 31.5 Å². The van der Waals surface area contributed by atoms with E-state index in [9.17, 15) is 0 Å². The predicted molar refractivity (Wildman–Crippen MR) is 125 cm³/mol. The SMILES string of the molecule is c1cc(CN2CCNCC2)cc(Nc2nc3ccc(-c4cnc(C5CC5)nc4)cc3[nH]2)n1. The number of benzene rings is 1. The molecule has 1 aliphatic carbocycles. The van der Waals surface area contributed by atoms with Crippen molar-refractivity contribution >= 4 is 22.8 Å². The number of imidazole rings is 1. The van der Waals surface area contributed by atoms with Gasteiger partial charge in [-0.1, -0.05) is 6.07 Å². The molecule has 6 rings (SSSR count). The van der Waals surface area contributed by atoms with Crippen LogP contribution in [0.1, 0.15) is 30.1 Å². The summed E-state index contributed by atoms with van der Waals surface area (Å²) in [4.78, 5) is 24.1. The number of fused-ring (bicyclic) bond motifs is 1. The van der Waals surface area contributed by atoms with E-state index in [1.54, 1.807) is 0 Å². The van der Waals surface area contributed by atoms with Gasteiger partial charge in [-0.3, -0.25) is 4.90 Å². The molecule has 1 aromatic carbocycles. The highest BCUT2D eigenvalue weighted by molar-refractivity contribution is 5.83. The Bertz CT molecular complexity index is 1220. The monoisotopic (exact) mass is 426 g/mol. The smallest absolute Gasteiger partial charge is 0.206 e. The first kappa shape index (κ1) is 19.3. The van der Waals surface area contributed by atoms with Crippen LogP contribution in [0.5, 0.6) is 0 Å². The fraction of sp³-hybridized carbons (Fsp3) is 0.333. The highest BCUT2D eigenvalue weighted by Crippen LogP contribution is 2.38. The molecule has 0 bridgehead atoms. The second-order valence-corrected chi connectivity index (χ2v) is 8.62. The summed E-state index contributed by atoms with van der Waals surface area (Å²) in [6.45, 7) is 5.18. The summed E-state index contributed by atoms with van der Waals surface area (Å²) in [5, 5.41) is 6.72. The van der Waals surface area contributed by atoms with Crippen LogP contribution in [0.3, 0.4) is 0 Å². The van der Waals surface area contributed by atoms with E-state index in [1.807, 2.05) is 24.7 Å². The number of H-pyrrole nitrogens is 1. The molecule has 1 saturated heterocycles. The van der Waals surface area contributed by atoms with Crippen LogP contribution in [0.4, 0.5) is 11.8 Å². The van der Waals surface area contributed by atoms with E-state index in [4.69, 9.17) is 0 Å². The molecule has 32 heavy (non-hydrogen) atoms. The van der Waals surface area contributed by atoms with Crippen molar-refractivity contribution in [1.29, 1.82) is 0 Å². The molecule has 4 aromatic rings. The van der Waals surface area contributed by atoms with Gasteiger partial charge in [0.25, 0.3) is 0 Å². The zero-order valence-electron chi connectivity index (χ0n) is 17.9. The summed E-state index contributed by atoms with van der Waals surface area (Å²) < 4.78 is 0. The molecule has 1 saturated carbocycles. The van der Waals surface area contributed by atoms with E-state index in [2.05, 4.69) is 64.7 Å². The minimum absolute atomic E-state index is 0.566. The van der Waals surface area contributed by atoms with Gasteiger partial charge in [-0.05, 0) is 48.2 Å². The maximum atomic E-state index is 4.68. The molecule has 3 aromatic heterocycles. The summed E-state index contributed by atoms with van der Waals surface area (Å²) in [7, 11) is 0. The molecule has 0 spiro atoms. The van der Waals surface area contributed by atoms with Gasteiger partial charge >= 0.3 is 0 Å². The van der Waals surface area contributed by atoms with Gasteiger partial charge < -0.3 is 15.6 Å². The molecular formula is C24H26N8. The number of piperazine rings is 1. The van der Waals surface area contributed by atoms with Gasteiger partial charge in [0.1, 0.15) is 11.6 Å². The second-order valence-electron chi connectivity index (χ2n) is 8.62. The zero-order chi connectivity index (χ0) is 21.3. The topological polar surface area (TPSA) is 94.6 Å². The van der Waals surface area contributed by atoms with E-state index < -0.39 is 0 Å². The maximum Gasteiger partial charge on any atom is 0.206 e. The molecule has 8 heteroatoms. The standard InChI is InChI=1S/C24H26N8/c1-2-17(1)23-27-13-19(14-28-23)18-3-4-20-21(12-18)30-24(29-20)31-22-11-16(5-6-26-22)15-32-9-7-25-8-10-32/h3-6,11-14,17,25H,1-2,7-10,15H2,(H2,26,29,30,31). The van der Waals surface area contributed by atoms with Crippen molar-refractivity contribution in [1.82, 2.24) is 35.1 Å². The lowest BCUT2D eigenvalue weighted by molar-refractivity contribution is 0.233. The third kappa shape index (κ3) is 4.19. The molecule has 1 aliphatic heterocycles. The molecule has 8 nitrogen and oxygen atoms in total. The van der Waals surface area contributed by atoms with Crippen LogP contribution in [0, 0.1) is 0 Å². The van der Waals surface area contributed by atoms with Gasteiger partial charge in [0, 0.05) is 62.8 Å². The summed E-state index contributed by atoms with van der Waals surface area (Å²) >= 11 is 0. The van der Waals surface area contributed by atoms with Crippen LogP contribution in [0.25, 0.3) is 22.2 Å². The molecule has 0 radical (unpaired) electrons. The number of hydrogen-bond acceptors (Lipinski definition) is 7.